The van der Waals surface area contributed by atoms with Gasteiger partial charge in [-0.3, -0.25) is 10.1 Å². The van der Waals surface area contributed by atoms with E-state index in [9.17, 15) is 10.1 Å². The van der Waals surface area contributed by atoms with Gasteiger partial charge in [0.15, 0.2) is 5.75 Å². The van der Waals surface area contributed by atoms with Gasteiger partial charge < -0.3 is 10.1 Å². The average molecular weight is 266 g/mol. The second-order valence-corrected chi connectivity index (χ2v) is 4.58. The van der Waals surface area contributed by atoms with Crippen molar-refractivity contribution in [2.75, 3.05) is 13.7 Å². The SMILES string of the molecule is CCC(CC)COc1ccc(CNC)cc1[N+](=O)[O-]. The van der Waals surface area contributed by atoms with Crippen LogP contribution in [0.25, 0.3) is 0 Å². The number of nitrogens with one attached hydrogen (secondary N) is 1. The highest BCUT2D eigenvalue weighted by atomic mass is 16.6. The third-order valence-corrected chi connectivity index (χ3v) is 3.23. The molecule has 19 heavy (non-hydrogen) atoms. The summed E-state index contributed by atoms with van der Waals surface area (Å²) in [6.45, 7) is 5.33. The van der Waals surface area contributed by atoms with E-state index >= 15 is 0 Å². The van der Waals surface area contributed by atoms with Gasteiger partial charge in [0.1, 0.15) is 0 Å². The summed E-state index contributed by atoms with van der Waals surface area (Å²) in [4.78, 5) is 10.7. The van der Waals surface area contributed by atoms with E-state index < -0.39 is 0 Å². The number of hydrogen-bond acceptors (Lipinski definition) is 4. The van der Waals surface area contributed by atoms with Gasteiger partial charge in [0, 0.05) is 12.6 Å². The molecule has 1 aromatic carbocycles. The summed E-state index contributed by atoms with van der Waals surface area (Å²) >= 11 is 0. The third-order valence-electron chi connectivity index (χ3n) is 3.23. The van der Waals surface area contributed by atoms with Gasteiger partial charge in [0.05, 0.1) is 11.5 Å². The summed E-state index contributed by atoms with van der Waals surface area (Å²) in [6.07, 6.45) is 2.03. The maximum atomic E-state index is 11.1. The Labute approximate surface area is 114 Å². The Balaban J connectivity index is 2.84. The average Bonchev–Trinajstić information content (AvgIpc) is 2.41. The Kier molecular flexibility index (Phi) is 6.29. The molecule has 0 aromatic heterocycles. The van der Waals surface area contributed by atoms with E-state index in [1.165, 1.54) is 0 Å². The third kappa shape index (κ3) is 4.52. The van der Waals surface area contributed by atoms with E-state index in [1.807, 2.05) is 13.1 Å². The predicted molar refractivity (Wildman–Crippen MR) is 75.4 cm³/mol. The summed E-state index contributed by atoms with van der Waals surface area (Å²) < 4.78 is 5.61. The van der Waals surface area contributed by atoms with Crippen LogP contribution in [0.3, 0.4) is 0 Å². The van der Waals surface area contributed by atoms with Gasteiger partial charge >= 0.3 is 5.69 Å². The van der Waals surface area contributed by atoms with Crippen LogP contribution in [0.5, 0.6) is 5.75 Å². The number of rotatable bonds is 8. The zero-order valence-corrected chi connectivity index (χ0v) is 11.8. The Morgan fingerprint density at radius 2 is 2.05 bits per heavy atom. The molecular formula is C14H22N2O3. The quantitative estimate of drug-likeness (QED) is 0.580. The Bertz CT molecular complexity index is 417. The van der Waals surface area contributed by atoms with Crippen LogP contribution in [-0.2, 0) is 6.54 Å². The molecule has 0 unspecified atom stereocenters. The smallest absolute Gasteiger partial charge is 0.311 e. The van der Waals surface area contributed by atoms with Crippen LogP contribution < -0.4 is 10.1 Å². The molecule has 5 nitrogen and oxygen atoms in total. The number of benzene rings is 1. The van der Waals surface area contributed by atoms with Crippen molar-refractivity contribution in [1.29, 1.82) is 0 Å². The second-order valence-electron chi connectivity index (χ2n) is 4.58. The minimum absolute atomic E-state index is 0.0405. The van der Waals surface area contributed by atoms with Crippen molar-refractivity contribution in [3.63, 3.8) is 0 Å². The molecule has 0 aliphatic carbocycles. The first-order valence-corrected chi connectivity index (χ1v) is 6.67. The van der Waals surface area contributed by atoms with Crippen molar-refractivity contribution in [3.05, 3.63) is 33.9 Å². The number of hydrogen-bond donors (Lipinski definition) is 1. The molecule has 0 spiro atoms. The molecule has 5 heteroatoms. The summed E-state index contributed by atoms with van der Waals surface area (Å²) in [6, 6.07) is 5.11. The summed E-state index contributed by atoms with van der Waals surface area (Å²) in [7, 11) is 1.81. The Hall–Kier alpha value is -1.62. The lowest BCUT2D eigenvalue weighted by Crippen LogP contribution is -2.11. The predicted octanol–water partition coefficient (Wildman–Crippen LogP) is 3.13. The second kappa shape index (κ2) is 7.74. The first-order valence-electron chi connectivity index (χ1n) is 6.67. The minimum Gasteiger partial charge on any atom is -0.487 e. The van der Waals surface area contributed by atoms with Crippen LogP contribution in [0.4, 0.5) is 5.69 Å². The molecule has 0 saturated heterocycles. The molecule has 0 heterocycles. The number of nitro benzene ring substituents is 1. The molecule has 1 rings (SSSR count). The highest BCUT2D eigenvalue weighted by Gasteiger charge is 2.17. The zero-order valence-electron chi connectivity index (χ0n) is 11.8. The molecule has 106 valence electrons. The molecule has 0 radical (unpaired) electrons. The molecule has 0 amide bonds. The zero-order chi connectivity index (χ0) is 14.3. The highest BCUT2D eigenvalue weighted by molar-refractivity contribution is 5.48. The summed E-state index contributed by atoms with van der Waals surface area (Å²) in [5, 5.41) is 14.0. The van der Waals surface area contributed by atoms with Crippen molar-refractivity contribution in [2.24, 2.45) is 5.92 Å². The first-order chi connectivity index (χ1) is 9.12. The summed E-state index contributed by atoms with van der Waals surface area (Å²) in [5.74, 6) is 0.799. The Morgan fingerprint density at radius 1 is 1.37 bits per heavy atom. The number of ether oxygens (including phenoxy) is 1. The first kappa shape index (κ1) is 15.4. The van der Waals surface area contributed by atoms with Crippen LogP contribution in [-0.4, -0.2) is 18.6 Å². The van der Waals surface area contributed by atoms with Crippen LogP contribution in [0.2, 0.25) is 0 Å². The summed E-state index contributed by atoms with van der Waals surface area (Å²) in [5.41, 5.74) is 0.919. The van der Waals surface area contributed by atoms with Crippen molar-refractivity contribution in [1.82, 2.24) is 5.32 Å². The highest BCUT2D eigenvalue weighted by Crippen LogP contribution is 2.28. The van der Waals surface area contributed by atoms with Crippen LogP contribution in [0.1, 0.15) is 32.3 Å². The number of nitro groups is 1. The van der Waals surface area contributed by atoms with Gasteiger partial charge in [-0.05, 0) is 24.6 Å². The fraction of sp³-hybridized carbons (Fsp3) is 0.571. The molecule has 1 aromatic rings. The molecular weight excluding hydrogens is 244 g/mol. The Morgan fingerprint density at radius 3 is 2.58 bits per heavy atom. The minimum atomic E-state index is -0.388. The van der Waals surface area contributed by atoms with Gasteiger partial charge in [0.2, 0.25) is 0 Å². The largest absolute Gasteiger partial charge is 0.487 e. The van der Waals surface area contributed by atoms with Crippen molar-refractivity contribution >= 4 is 5.69 Å². The molecule has 0 saturated carbocycles. The van der Waals surface area contributed by atoms with Crippen molar-refractivity contribution in [3.8, 4) is 5.75 Å². The maximum Gasteiger partial charge on any atom is 0.311 e. The lowest BCUT2D eigenvalue weighted by atomic mass is 10.1. The normalized spacial score (nSPS) is 10.7. The lowest BCUT2D eigenvalue weighted by Gasteiger charge is -2.14. The lowest BCUT2D eigenvalue weighted by molar-refractivity contribution is -0.386. The van der Waals surface area contributed by atoms with Crippen LogP contribution in [0.15, 0.2) is 18.2 Å². The number of nitrogens with zero attached hydrogens (tertiary/aromatic N) is 1. The molecule has 1 N–H and O–H groups in total. The van der Waals surface area contributed by atoms with E-state index in [0.29, 0.717) is 24.8 Å². The van der Waals surface area contributed by atoms with Crippen LogP contribution >= 0.6 is 0 Å². The van der Waals surface area contributed by atoms with Gasteiger partial charge in [-0.2, -0.15) is 0 Å². The molecule has 0 aliphatic heterocycles. The molecule has 0 aliphatic rings. The van der Waals surface area contributed by atoms with Gasteiger partial charge in [-0.1, -0.05) is 32.8 Å². The maximum absolute atomic E-state index is 11.1. The molecule has 0 fully saturated rings. The van der Waals surface area contributed by atoms with E-state index in [4.69, 9.17) is 4.74 Å². The molecule has 0 bridgehead atoms. The van der Waals surface area contributed by atoms with E-state index in [-0.39, 0.29) is 10.6 Å². The van der Waals surface area contributed by atoms with Gasteiger partial charge in [-0.25, -0.2) is 0 Å². The van der Waals surface area contributed by atoms with E-state index in [1.54, 1.807) is 12.1 Å². The van der Waals surface area contributed by atoms with Crippen molar-refractivity contribution < 1.29 is 9.66 Å². The monoisotopic (exact) mass is 266 g/mol. The van der Waals surface area contributed by atoms with Gasteiger partial charge in [-0.15, -0.1) is 0 Å². The standard InChI is InChI=1S/C14H22N2O3/c1-4-11(5-2)10-19-14-7-6-12(9-15-3)8-13(14)16(17)18/h6-8,11,15H,4-5,9-10H2,1-3H3. The van der Waals surface area contributed by atoms with Crippen LogP contribution in [0, 0.1) is 16.0 Å². The van der Waals surface area contributed by atoms with E-state index in [0.717, 1.165) is 18.4 Å². The van der Waals surface area contributed by atoms with E-state index in [2.05, 4.69) is 19.2 Å². The fourth-order valence-corrected chi connectivity index (χ4v) is 1.87. The van der Waals surface area contributed by atoms with Gasteiger partial charge in [0.25, 0.3) is 0 Å². The fourth-order valence-electron chi connectivity index (χ4n) is 1.87. The topological polar surface area (TPSA) is 64.4 Å². The molecule has 0 atom stereocenters. The van der Waals surface area contributed by atoms with Crippen molar-refractivity contribution in [2.45, 2.75) is 33.2 Å².